The van der Waals surface area contributed by atoms with Crippen LogP contribution < -0.4 is 10.2 Å². The highest BCUT2D eigenvalue weighted by molar-refractivity contribution is 6.42. The predicted molar refractivity (Wildman–Crippen MR) is 169 cm³/mol. The fraction of sp³-hybridized carbons (Fsp3) is 0.515. The van der Waals surface area contributed by atoms with Gasteiger partial charge in [-0.05, 0) is 84.0 Å². The number of H-pyrrole nitrogens is 1. The normalized spacial score (nSPS) is 20.1. The number of amides is 5. The van der Waals surface area contributed by atoms with Crippen LogP contribution in [0.4, 0.5) is 19.7 Å². The molecule has 2 aromatic rings. The van der Waals surface area contributed by atoms with Crippen molar-refractivity contribution in [3.8, 4) is 0 Å². The molecule has 2 bridgehead atoms. The molecule has 3 aliphatic rings. The van der Waals surface area contributed by atoms with Gasteiger partial charge in [-0.25, -0.2) is 18.9 Å². The SMILES string of the molecule is CCN(CC)CCNC(=O)c1c(C)[nH]c(/C=C2\C(=O)N(C(=O)N3C[C@@H]4C[C@H]3CN4C(=O)OC(C)(C)C)c3ccc(F)cc32)c1C. The van der Waals surface area contributed by atoms with Crippen molar-refractivity contribution < 1.29 is 28.3 Å². The van der Waals surface area contributed by atoms with E-state index < -0.39 is 29.4 Å². The largest absolute Gasteiger partial charge is 0.444 e. The standard InChI is InChI=1S/C33H43FN6O5/c1-8-37(9-2)13-12-35-29(41)28-19(3)26(36-20(28)4)16-25-24-14-21(34)10-11-27(24)40(30(25)42)31(43)38-17-23-15-22(38)18-39(23)32(44)45-33(5,6)7/h10-11,14,16,22-23,36H,8-9,12-13,15,17-18H2,1-7H3,(H,35,41)/b25-16-/t22-,23-/m0/s1. The lowest BCUT2D eigenvalue weighted by molar-refractivity contribution is -0.112. The fourth-order valence-corrected chi connectivity index (χ4v) is 6.53. The number of hydrogen-bond donors (Lipinski definition) is 2. The van der Waals surface area contributed by atoms with Gasteiger partial charge >= 0.3 is 12.1 Å². The Hall–Kier alpha value is -4.19. The molecule has 2 saturated heterocycles. The summed E-state index contributed by atoms with van der Waals surface area (Å²) in [6.45, 7) is 16.7. The molecule has 1 aromatic heterocycles. The van der Waals surface area contributed by atoms with Crippen LogP contribution in [0.2, 0.25) is 0 Å². The van der Waals surface area contributed by atoms with Crippen molar-refractivity contribution in [2.75, 3.05) is 44.2 Å². The number of aryl methyl sites for hydroxylation is 1. The molecule has 2 N–H and O–H groups in total. The Morgan fingerprint density at radius 3 is 2.40 bits per heavy atom. The second kappa shape index (κ2) is 12.3. The molecule has 4 heterocycles. The number of likely N-dealkylation sites (tertiary alicyclic amines) is 2. The molecule has 45 heavy (non-hydrogen) atoms. The van der Waals surface area contributed by atoms with Crippen LogP contribution in [-0.4, -0.2) is 101 Å². The number of benzene rings is 1. The molecule has 2 atom stereocenters. The van der Waals surface area contributed by atoms with Crippen LogP contribution >= 0.6 is 0 Å². The maximum Gasteiger partial charge on any atom is 0.410 e. The number of nitrogens with one attached hydrogen (secondary N) is 2. The number of likely N-dealkylation sites (N-methyl/N-ethyl adjacent to an activating group) is 1. The van der Waals surface area contributed by atoms with Crippen molar-refractivity contribution in [1.29, 1.82) is 0 Å². The number of carbonyl (C=O) groups is 4. The zero-order valence-corrected chi connectivity index (χ0v) is 27.1. The number of rotatable bonds is 7. The molecule has 12 heteroatoms. The van der Waals surface area contributed by atoms with Crippen molar-refractivity contribution in [2.45, 2.75) is 72.6 Å². The molecule has 0 saturated carbocycles. The first-order chi connectivity index (χ1) is 21.2. The second-order valence-electron chi connectivity index (χ2n) is 12.9. The van der Waals surface area contributed by atoms with Crippen LogP contribution in [0.1, 0.15) is 73.9 Å². The summed E-state index contributed by atoms with van der Waals surface area (Å²) in [5.74, 6) is -1.34. The third kappa shape index (κ3) is 6.20. The van der Waals surface area contributed by atoms with E-state index in [0.29, 0.717) is 53.3 Å². The molecule has 0 radical (unpaired) electrons. The number of nitrogens with zero attached hydrogens (tertiary/aromatic N) is 4. The highest BCUT2D eigenvalue weighted by Gasteiger charge is 2.51. The first kappa shape index (κ1) is 32.2. The van der Waals surface area contributed by atoms with Crippen LogP contribution in [0.15, 0.2) is 18.2 Å². The minimum Gasteiger partial charge on any atom is -0.444 e. The summed E-state index contributed by atoms with van der Waals surface area (Å²) in [4.78, 5) is 63.4. The molecule has 5 rings (SSSR count). The first-order valence-corrected chi connectivity index (χ1v) is 15.6. The quantitative estimate of drug-likeness (QED) is 0.438. The van der Waals surface area contributed by atoms with Crippen LogP contribution in [0.3, 0.4) is 0 Å². The Balaban J connectivity index is 1.37. The van der Waals surface area contributed by atoms with Crippen LogP contribution in [0, 0.1) is 19.7 Å². The lowest BCUT2D eigenvalue weighted by atomic mass is 10.0. The Kier molecular flexibility index (Phi) is 8.81. The number of halogens is 1. The molecular formula is C33H43FN6O5. The van der Waals surface area contributed by atoms with Crippen molar-refractivity contribution >= 4 is 41.3 Å². The average Bonchev–Trinajstić information content (AvgIpc) is 3.71. The molecule has 242 valence electrons. The number of urea groups is 1. The topological polar surface area (TPSA) is 118 Å². The van der Waals surface area contributed by atoms with E-state index in [4.69, 9.17) is 4.74 Å². The third-order valence-corrected chi connectivity index (χ3v) is 8.83. The van der Waals surface area contributed by atoms with Gasteiger partial charge in [0, 0.05) is 43.1 Å². The van der Waals surface area contributed by atoms with Gasteiger partial charge in [0.25, 0.3) is 11.8 Å². The Morgan fingerprint density at radius 2 is 1.78 bits per heavy atom. The first-order valence-electron chi connectivity index (χ1n) is 15.6. The molecule has 1 aromatic carbocycles. The highest BCUT2D eigenvalue weighted by atomic mass is 19.1. The van der Waals surface area contributed by atoms with Gasteiger partial charge in [-0.2, -0.15) is 0 Å². The number of anilines is 1. The summed E-state index contributed by atoms with van der Waals surface area (Å²) in [5.41, 5.74) is 2.41. The molecule has 5 amide bonds. The third-order valence-electron chi connectivity index (χ3n) is 8.83. The monoisotopic (exact) mass is 622 g/mol. The van der Waals surface area contributed by atoms with Gasteiger partial charge in [-0.15, -0.1) is 0 Å². The van der Waals surface area contributed by atoms with Crippen LogP contribution in [0.5, 0.6) is 0 Å². The van der Waals surface area contributed by atoms with E-state index in [1.165, 1.54) is 18.2 Å². The van der Waals surface area contributed by atoms with Crippen molar-refractivity contribution in [2.24, 2.45) is 0 Å². The minimum absolute atomic E-state index is 0.149. The van der Waals surface area contributed by atoms with Gasteiger partial charge in [-0.3, -0.25) is 9.59 Å². The fourth-order valence-electron chi connectivity index (χ4n) is 6.53. The molecule has 2 fully saturated rings. The second-order valence-corrected chi connectivity index (χ2v) is 12.9. The zero-order chi connectivity index (χ0) is 32.8. The number of aromatic amines is 1. The number of imide groups is 1. The summed E-state index contributed by atoms with van der Waals surface area (Å²) in [7, 11) is 0. The summed E-state index contributed by atoms with van der Waals surface area (Å²) < 4.78 is 20.0. The lowest BCUT2D eigenvalue weighted by Gasteiger charge is -2.36. The van der Waals surface area contributed by atoms with E-state index in [-0.39, 0.29) is 30.1 Å². The number of carbonyl (C=O) groups excluding carboxylic acids is 4. The Labute approximate surface area is 263 Å². The molecule has 11 nitrogen and oxygen atoms in total. The number of fused-ring (bicyclic) bond motifs is 3. The predicted octanol–water partition coefficient (Wildman–Crippen LogP) is 4.54. The molecule has 0 spiro atoms. The number of ether oxygens (including phenoxy) is 1. The average molecular weight is 623 g/mol. The zero-order valence-electron chi connectivity index (χ0n) is 27.1. The van der Waals surface area contributed by atoms with E-state index in [9.17, 15) is 23.6 Å². The summed E-state index contributed by atoms with van der Waals surface area (Å²) in [6.07, 6.45) is 1.76. The summed E-state index contributed by atoms with van der Waals surface area (Å²) in [6, 6.07) is 2.91. The highest BCUT2D eigenvalue weighted by Crippen LogP contribution is 2.41. The number of piperazine rings is 1. The molecule has 3 aliphatic heterocycles. The number of hydrogen-bond acceptors (Lipinski definition) is 6. The van der Waals surface area contributed by atoms with Gasteiger partial charge in [-0.1, -0.05) is 13.8 Å². The maximum atomic E-state index is 14.5. The van der Waals surface area contributed by atoms with E-state index in [1.54, 1.807) is 50.5 Å². The maximum absolute atomic E-state index is 14.5. The van der Waals surface area contributed by atoms with E-state index >= 15 is 0 Å². The van der Waals surface area contributed by atoms with Crippen LogP contribution in [0.25, 0.3) is 11.6 Å². The summed E-state index contributed by atoms with van der Waals surface area (Å²) >= 11 is 0. The smallest absolute Gasteiger partial charge is 0.410 e. The van der Waals surface area contributed by atoms with Gasteiger partial charge in [0.15, 0.2) is 0 Å². The van der Waals surface area contributed by atoms with Gasteiger partial charge in [0.2, 0.25) is 0 Å². The van der Waals surface area contributed by atoms with Gasteiger partial charge in [0.1, 0.15) is 11.4 Å². The van der Waals surface area contributed by atoms with Gasteiger partial charge in [0.05, 0.1) is 28.9 Å². The van der Waals surface area contributed by atoms with Gasteiger partial charge < -0.3 is 29.7 Å². The van der Waals surface area contributed by atoms with E-state index in [1.807, 2.05) is 0 Å². The van der Waals surface area contributed by atoms with Crippen LogP contribution in [-0.2, 0) is 9.53 Å². The minimum atomic E-state index is -0.635. The van der Waals surface area contributed by atoms with E-state index in [2.05, 4.69) is 29.0 Å². The van der Waals surface area contributed by atoms with Crippen molar-refractivity contribution in [1.82, 2.24) is 25.0 Å². The Bertz CT molecular complexity index is 1560. The lowest BCUT2D eigenvalue weighted by Crippen LogP contribution is -2.55. The Morgan fingerprint density at radius 1 is 1.11 bits per heavy atom. The number of aromatic nitrogens is 1. The molecule has 0 aliphatic carbocycles. The van der Waals surface area contributed by atoms with Crippen molar-refractivity contribution in [3.05, 3.63) is 52.1 Å². The van der Waals surface area contributed by atoms with E-state index in [0.717, 1.165) is 24.5 Å². The molecular weight excluding hydrogens is 579 g/mol. The van der Waals surface area contributed by atoms with Crippen molar-refractivity contribution in [3.63, 3.8) is 0 Å². The summed E-state index contributed by atoms with van der Waals surface area (Å²) in [5, 5.41) is 2.98. The molecule has 0 unspecified atom stereocenters.